The summed E-state index contributed by atoms with van der Waals surface area (Å²) < 4.78 is 0. The van der Waals surface area contributed by atoms with Crippen molar-refractivity contribution in [2.24, 2.45) is 0 Å². The number of nitrogens with two attached hydrogens (primary N) is 1. The van der Waals surface area contributed by atoms with Crippen molar-refractivity contribution in [2.45, 2.75) is 44.1 Å². The van der Waals surface area contributed by atoms with Gasteiger partial charge in [0.1, 0.15) is 5.82 Å². The van der Waals surface area contributed by atoms with Crippen LogP contribution in [0.3, 0.4) is 0 Å². The van der Waals surface area contributed by atoms with Crippen molar-refractivity contribution in [3.05, 3.63) is 35.4 Å². The average Bonchev–Trinajstić information content (AvgIpc) is 3.22. The summed E-state index contributed by atoms with van der Waals surface area (Å²) in [4.78, 5) is 11.8. The standard InChI is InChI=1S/C20H25N5/c21-19-23-17-15-7-2-1-5-14(15)6-3-8-16(17)18(24-19)25-12-10-20(13-25)9-4-11-22-20/h1-2,5,7,22H,3-4,6,8-13H2,(H2,21,23,24). The number of hydrogen-bond acceptors (Lipinski definition) is 5. The van der Waals surface area contributed by atoms with Crippen LogP contribution in [0.15, 0.2) is 24.3 Å². The van der Waals surface area contributed by atoms with Gasteiger partial charge in [-0.2, -0.15) is 4.98 Å². The lowest BCUT2D eigenvalue weighted by Gasteiger charge is -2.26. The highest BCUT2D eigenvalue weighted by molar-refractivity contribution is 5.74. The lowest BCUT2D eigenvalue weighted by molar-refractivity contribution is 0.418. The third-order valence-electron chi connectivity index (χ3n) is 6.13. The fourth-order valence-corrected chi connectivity index (χ4v) is 4.90. The van der Waals surface area contributed by atoms with Gasteiger partial charge in [0.05, 0.1) is 5.69 Å². The molecule has 0 bridgehead atoms. The van der Waals surface area contributed by atoms with Crippen LogP contribution in [0.4, 0.5) is 11.8 Å². The predicted octanol–water partition coefficient (Wildman–Crippen LogP) is 2.55. The van der Waals surface area contributed by atoms with E-state index in [4.69, 9.17) is 10.7 Å². The van der Waals surface area contributed by atoms with Crippen molar-refractivity contribution in [3.8, 4) is 11.3 Å². The first-order valence-electron chi connectivity index (χ1n) is 9.49. The van der Waals surface area contributed by atoms with E-state index in [1.165, 1.54) is 36.0 Å². The SMILES string of the molecule is Nc1nc2c(c(N3CCC4(CCCN4)C3)n1)CCCc1ccccc1-2. The van der Waals surface area contributed by atoms with Gasteiger partial charge in [0.15, 0.2) is 0 Å². The van der Waals surface area contributed by atoms with E-state index in [2.05, 4.69) is 39.5 Å². The number of fused-ring (bicyclic) bond motifs is 3. The largest absolute Gasteiger partial charge is 0.368 e. The Morgan fingerprint density at radius 2 is 2.00 bits per heavy atom. The van der Waals surface area contributed by atoms with Crippen LogP contribution in [0.5, 0.6) is 0 Å². The highest BCUT2D eigenvalue weighted by atomic mass is 15.3. The van der Waals surface area contributed by atoms with Gasteiger partial charge < -0.3 is 16.0 Å². The minimum absolute atomic E-state index is 0.287. The first kappa shape index (κ1) is 15.1. The van der Waals surface area contributed by atoms with Gasteiger partial charge in [0, 0.05) is 29.8 Å². The maximum Gasteiger partial charge on any atom is 0.222 e. The van der Waals surface area contributed by atoms with Gasteiger partial charge in [-0.15, -0.1) is 0 Å². The van der Waals surface area contributed by atoms with E-state index in [-0.39, 0.29) is 5.54 Å². The van der Waals surface area contributed by atoms with Gasteiger partial charge in [0.25, 0.3) is 0 Å². The molecule has 5 rings (SSSR count). The van der Waals surface area contributed by atoms with Gasteiger partial charge >= 0.3 is 0 Å². The molecule has 1 aromatic carbocycles. The molecule has 2 saturated heterocycles. The Morgan fingerprint density at radius 3 is 2.88 bits per heavy atom. The van der Waals surface area contributed by atoms with Gasteiger partial charge in [-0.1, -0.05) is 24.3 Å². The molecule has 0 radical (unpaired) electrons. The molecule has 2 aliphatic heterocycles. The van der Waals surface area contributed by atoms with Crippen molar-refractivity contribution < 1.29 is 0 Å². The minimum atomic E-state index is 0.287. The second-order valence-corrected chi connectivity index (χ2v) is 7.73. The first-order chi connectivity index (χ1) is 12.2. The third kappa shape index (κ3) is 2.49. The number of anilines is 2. The van der Waals surface area contributed by atoms with E-state index in [1.54, 1.807) is 0 Å². The molecule has 3 N–H and O–H groups in total. The van der Waals surface area contributed by atoms with Gasteiger partial charge in [-0.05, 0) is 50.6 Å². The fraction of sp³-hybridized carbons (Fsp3) is 0.500. The number of nitrogen functional groups attached to an aromatic ring is 1. The van der Waals surface area contributed by atoms with Gasteiger partial charge in [0.2, 0.25) is 5.95 Å². The van der Waals surface area contributed by atoms with E-state index < -0.39 is 0 Å². The van der Waals surface area contributed by atoms with Crippen LogP contribution in [0, 0.1) is 0 Å². The smallest absolute Gasteiger partial charge is 0.222 e. The van der Waals surface area contributed by atoms with Crippen LogP contribution in [0.25, 0.3) is 11.3 Å². The summed E-state index contributed by atoms with van der Waals surface area (Å²) in [5.41, 5.74) is 11.4. The van der Waals surface area contributed by atoms with Crippen LogP contribution in [-0.2, 0) is 12.8 Å². The summed E-state index contributed by atoms with van der Waals surface area (Å²) in [6.07, 6.45) is 7.01. The highest BCUT2D eigenvalue weighted by Crippen LogP contribution is 2.39. The van der Waals surface area contributed by atoms with E-state index >= 15 is 0 Å². The zero-order valence-electron chi connectivity index (χ0n) is 14.6. The molecule has 1 spiro atoms. The van der Waals surface area contributed by atoms with E-state index in [9.17, 15) is 0 Å². The number of benzene rings is 1. The summed E-state index contributed by atoms with van der Waals surface area (Å²) >= 11 is 0. The average molecular weight is 335 g/mol. The Balaban J connectivity index is 1.60. The highest BCUT2D eigenvalue weighted by Gasteiger charge is 2.41. The van der Waals surface area contributed by atoms with E-state index in [0.717, 1.165) is 50.4 Å². The van der Waals surface area contributed by atoms with Crippen molar-refractivity contribution >= 4 is 11.8 Å². The number of rotatable bonds is 1. The van der Waals surface area contributed by atoms with Gasteiger partial charge in [-0.25, -0.2) is 4.98 Å². The summed E-state index contributed by atoms with van der Waals surface area (Å²) in [5.74, 6) is 1.47. The summed E-state index contributed by atoms with van der Waals surface area (Å²) in [6.45, 7) is 3.24. The fourth-order valence-electron chi connectivity index (χ4n) is 4.90. The van der Waals surface area contributed by atoms with Crippen molar-refractivity contribution in [1.82, 2.24) is 15.3 Å². The van der Waals surface area contributed by atoms with Crippen LogP contribution in [0.2, 0.25) is 0 Å². The quantitative estimate of drug-likeness (QED) is 0.838. The normalized spacial score (nSPS) is 25.0. The van der Waals surface area contributed by atoms with E-state index in [0.29, 0.717) is 5.95 Å². The Bertz CT molecular complexity index is 810. The lowest BCUT2D eigenvalue weighted by Crippen LogP contribution is -2.42. The molecule has 5 nitrogen and oxygen atoms in total. The number of nitrogens with zero attached hydrogens (tertiary/aromatic N) is 3. The Hall–Kier alpha value is -2.14. The molecule has 3 aliphatic rings. The monoisotopic (exact) mass is 335 g/mol. The molecule has 2 fully saturated rings. The molecule has 0 saturated carbocycles. The molecule has 1 atom stereocenters. The van der Waals surface area contributed by atoms with Crippen LogP contribution in [-0.4, -0.2) is 35.1 Å². The molecule has 2 aromatic rings. The zero-order chi connectivity index (χ0) is 16.9. The maximum atomic E-state index is 6.14. The summed E-state index contributed by atoms with van der Waals surface area (Å²) in [5, 5.41) is 3.74. The molecule has 1 unspecified atom stereocenters. The predicted molar refractivity (Wildman–Crippen MR) is 101 cm³/mol. The van der Waals surface area contributed by atoms with Crippen LogP contribution >= 0.6 is 0 Å². The topological polar surface area (TPSA) is 67.1 Å². The number of nitrogens with one attached hydrogen (secondary N) is 1. The molecule has 5 heteroatoms. The molecule has 3 heterocycles. The van der Waals surface area contributed by atoms with E-state index in [1.807, 2.05) is 0 Å². The van der Waals surface area contributed by atoms with Crippen molar-refractivity contribution in [2.75, 3.05) is 30.3 Å². The lowest BCUT2D eigenvalue weighted by atomic mass is 9.97. The number of hydrogen-bond donors (Lipinski definition) is 2. The molecule has 1 aliphatic carbocycles. The second-order valence-electron chi connectivity index (χ2n) is 7.73. The van der Waals surface area contributed by atoms with Gasteiger partial charge in [-0.3, -0.25) is 0 Å². The Labute approximate surface area is 148 Å². The van der Waals surface area contributed by atoms with Crippen molar-refractivity contribution in [1.29, 1.82) is 0 Å². The first-order valence-corrected chi connectivity index (χ1v) is 9.49. The third-order valence-corrected chi connectivity index (χ3v) is 6.13. The number of aryl methyl sites for hydroxylation is 1. The minimum Gasteiger partial charge on any atom is -0.368 e. The summed E-state index contributed by atoms with van der Waals surface area (Å²) in [7, 11) is 0. The van der Waals surface area contributed by atoms with Crippen LogP contribution < -0.4 is 16.0 Å². The molecular weight excluding hydrogens is 310 g/mol. The maximum absolute atomic E-state index is 6.14. The molecule has 130 valence electrons. The molecule has 25 heavy (non-hydrogen) atoms. The molecule has 1 aromatic heterocycles. The summed E-state index contributed by atoms with van der Waals surface area (Å²) in [6, 6.07) is 8.61. The van der Waals surface area contributed by atoms with Crippen molar-refractivity contribution in [3.63, 3.8) is 0 Å². The Morgan fingerprint density at radius 1 is 1.08 bits per heavy atom. The molecular formula is C20H25N5. The second kappa shape index (κ2) is 5.70. The number of aromatic nitrogens is 2. The Kier molecular flexibility index (Phi) is 3.45. The molecule has 0 amide bonds. The van der Waals surface area contributed by atoms with Crippen LogP contribution in [0.1, 0.15) is 36.8 Å². The zero-order valence-corrected chi connectivity index (χ0v) is 14.6.